The molecule has 0 spiro atoms. The summed E-state index contributed by atoms with van der Waals surface area (Å²) in [5.74, 6) is 0. The largest absolute Gasteiger partial charge is 0.367 e. The zero-order valence-corrected chi connectivity index (χ0v) is 10.4. The van der Waals surface area contributed by atoms with E-state index in [1.807, 2.05) is 0 Å². The first-order valence-corrected chi connectivity index (χ1v) is 5.64. The van der Waals surface area contributed by atoms with Gasteiger partial charge in [0.15, 0.2) is 0 Å². The van der Waals surface area contributed by atoms with Gasteiger partial charge in [0, 0.05) is 5.69 Å². The number of benzene rings is 1. The van der Waals surface area contributed by atoms with Crippen molar-refractivity contribution in [1.82, 2.24) is 16.1 Å². The first-order valence-electron chi connectivity index (χ1n) is 5.64. The monoisotopic (exact) mass is 232 g/mol. The molecule has 17 heavy (non-hydrogen) atoms. The molecule has 1 aliphatic rings. The molecular formula is C12H18N5. The van der Waals surface area contributed by atoms with E-state index in [2.05, 4.69) is 72.9 Å². The van der Waals surface area contributed by atoms with Gasteiger partial charge in [-0.15, -0.1) is 10.6 Å². The Morgan fingerprint density at radius 1 is 1.29 bits per heavy atom. The zero-order valence-electron chi connectivity index (χ0n) is 10.4. The summed E-state index contributed by atoms with van der Waals surface area (Å²) >= 11 is 0. The number of rotatable bonds is 3. The SMILES string of the molecule is CC(C)(C)c1ccc(NCN2[C]=NNN2)cc1. The Kier molecular flexibility index (Phi) is 3.19. The van der Waals surface area contributed by atoms with Crippen molar-refractivity contribution in [3.05, 3.63) is 29.8 Å². The summed E-state index contributed by atoms with van der Waals surface area (Å²) in [6.45, 7) is 7.23. The summed E-state index contributed by atoms with van der Waals surface area (Å²) < 4.78 is 0. The molecule has 0 bridgehead atoms. The fraction of sp³-hybridized carbons (Fsp3) is 0.417. The Labute approximate surface area is 102 Å². The first-order chi connectivity index (χ1) is 8.05. The fourth-order valence-corrected chi connectivity index (χ4v) is 1.53. The van der Waals surface area contributed by atoms with E-state index in [-0.39, 0.29) is 5.41 Å². The van der Waals surface area contributed by atoms with Crippen molar-refractivity contribution in [3.63, 3.8) is 0 Å². The molecule has 5 nitrogen and oxygen atoms in total. The summed E-state index contributed by atoms with van der Waals surface area (Å²) in [6.07, 6.45) is 2.74. The summed E-state index contributed by atoms with van der Waals surface area (Å²) in [7, 11) is 0. The average molecular weight is 232 g/mol. The van der Waals surface area contributed by atoms with Crippen LogP contribution in [0.25, 0.3) is 0 Å². The first kappa shape index (κ1) is 11.7. The maximum atomic E-state index is 3.70. The van der Waals surface area contributed by atoms with E-state index >= 15 is 0 Å². The van der Waals surface area contributed by atoms with E-state index in [9.17, 15) is 0 Å². The molecule has 3 N–H and O–H groups in total. The van der Waals surface area contributed by atoms with Gasteiger partial charge in [-0.3, -0.25) is 0 Å². The summed E-state index contributed by atoms with van der Waals surface area (Å²) in [4.78, 5) is 0. The lowest BCUT2D eigenvalue weighted by molar-refractivity contribution is 0.318. The maximum Gasteiger partial charge on any atom is 0.213 e. The molecule has 0 aromatic heterocycles. The van der Waals surface area contributed by atoms with Crippen LogP contribution in [0.4, 0.5) is 5.69 Å². The Hall–Kier alpha value is -1.75. The number of hydrogen-bond donors (Lipinski definition) is 3. The average Bonchev–Trinajstić information content (AvgIpc) is 2.78. The third kappa shape index (κ3) is 3.10. The van der Waals surface area contributed by atoms with Crippen molar-refractivity contribution >= 4 is 12.0 Å². The van der Waals surface area contributed by atoms with Gasteiger partial charge in [-0.25, -0.2) is 10.5 Å². The van der Waals surface area contributed by atoms with Crippen LogP contribution in [-0.2, 0) is 5.41 Å². The van der Waals surface area contributed by atoms with Gasteiger partial charge in [-0.05, 0) is 23.1 Å². The number of nitrogens with one attached hydrogen (secondary N) is 3. The van der Waals surface area contributed by atoms with Crippen LogP contribution in [0.3, 0.4) is 0 Å². The molecule has 1 aromatic carbocycles. The standard InChI is InChI=1S/C12H18N5/c1-12(2,3)10-4-6-11(7-5-10)13-8-17-9-14-15-16-17/h4-7,13,15-16H,8H2,1-3H3. The van der Waals surface area contributed by atoms with Crippen LogP contribution >= 0.6 is 0 Å². The Morgan fingerprint density at radius 2 is 2.00 bits per heavy atom. The lowest BCUT2D eigenvalue weighted by Crippen LogP contribution is -2.40. The molecule has 0 saturated heterocycles. The van der Waals surface area contributed by atoms with E-state index in [0.717, 1.165) is 5.69 Å². The predicted molar refractivity (Wildman–Crippen MR) is 69.2 cm³/mol. The minimum absolute atomic E-state index is 0.194. The molecule has 0 amide bonds. The third-order valence-corrected chi connectivity index (χ3v) is 2.60. The highest BCUT2D eigenvalue weighted by atomic mass is 15.8. The number of hydrazine groups is 2. The van der Waals surface area contributed by atoms with Crippen LogP contribution in [0.15, 0.2) is 29.4 Å². The van der Waals surface area contributed by atoms with Crippen molar-refractivity contribution in [1.29, 1.82) is 0 Å². The second-order valence-electron chi connectivity index (χ2n) is 5.03. The Bertz CT molecular complexity index is 390. The van der Waals surface area contributed by atoms with Gasteiger partial charge in [-0.1, -0.05) is 32.9 Å². The summed E-state index contributed by atoms with van der Waals surface area (Å²) in [5.41, 5.74) is 7.99. The minimum Gasteiger partial charge on any atom is -0.367 e. The topological polar surface area (TPSA) is 51.7 Å². The van der Waals surface area contributed by atoms with Crippen molar-refractivity contribution in [2.24, 2.45) is 5.10 Å². The molecular weight excluding hydrogens is 214 g/mol. The predicted octanol–water partition coefficient (Wildman–Crippen LogP) is 1.50. The van der Waals surface area contributed by atoms with E-state index in [1.165, 1.54) is 5.56 Å². The lowest BCUT2D eigenvalue weighted by atomic mass is 9.87. The van der Waals surface area contributed by atoms with Gasteiger partial charge in [-0.2, -0.15) is 0 Å². The highest BCUT2D eigenvalue weighted by molar-refractivity contribution is 5.56. The molecule has 1 heterocycles. The number of nitrogens with zero attached hydrogens (tertiary/aromatic N) is 2. The number of hydrazone groups is 1. The number of hydrogen-bond acceptors (Lipinski definition) is 5. The quantitative estimate of drug-likeness (QED) is 0.739. The fourth-order valence-electron chi connectivity index (χ4n) is 1.53. The molecule has 0 aliphatic carbocycles. The van der Waals surface area contributed by atoms with Gasteiger partial charge in [0.05, 0.1) is 0 Å². The van der Waals surface area contributed by atoms with Crippen LogP contribution in [0.2, 0.25) is 0 Å². The van der Waals surface area contributed by atoms with E-state index in [0.29, 0.717) is 6.67 Å². The molecule has 0 fully saturated rings. The van der Waals surface area contributed by atoms with E-state index < -0.39 is 0 Å². The van der Waals surface area contributed by atoms with Gasteiger partial charge < -0.3 is 5.32 Å². The smallest absolute Gasteiger partial charge is 0.213 e. The molecule has 1 aliphatic heterocycles. The highest BCUT2D eigenvalue weighted by Crippen LogP contribution is 2.23. The number of anilines is 1. The van der Waals surface area contributed by atoms with Gasteiger partial charge in [0.25, 0.3) is 0 Å². The molecule has 5 heteroatoms. The van der Waals surface area contributed by atoms with Gasteiger partial charge in [0.2, 0.25) is 6.34 Å². The Morgan fingerprint density at radius 3 is 2.53 bits per heavy atom. The molecule has 1 aromatic rings. The normalized spacial score (nSPS) is 14.9. The molecule has 91 valence electrons. The van der Waals surface area contributed by atoms with Crippen molar-refractivity contribution in [2.75, 3.05) is 12.0 Å². The Balaban J connectivity index is 1.91. The molecule has 0 unspecified atom stereocenters. The van der Waals surface area contributed by atoms with Crippen LogP contribution in [0, 0.1) is 0 Å². The zero-order chi connectivity index (χ0) is 12.3. The lowest BCUT2D eigenvalue weighted by Gasteiger charge is -2.20. The van der Waals surface area contributed by atoms with Crippen molar-refractivity contribution < 1.29 is 0 Å². The molecule has 2 rings (SSSR count). The van der Waals surface area contributed by atoms with Crippen molar-refractivity contribution in [3.8, 4) is 0 Å². The molecule has 0 saturated carbocycles. The van der Waals surface area contributed by atoms with Gasteiger partial charge in [0.1, 0.15) is 6.67 Å². The van der Waals surface area contributed by atoms with Crippen molar-refractivity contribution in [2.45, 2.75) is 26.2 Å². The van der Waals surface area contributed by atoms with Crippen LogP contribution in [0.5, 0.6) is 0 Å². The minimum atomic E-state index is 0.194. The van der Waals surface area contributed by atoms with Crippen LogP contribution in [0.1, 0.15) is 26.3 Å². The third-order valence-electron chi connectivity index (χ3n) is 2.60. The second kappa shape index (κ2) is 4.63. The van der Waals surface area contributed by atoms with Crippen LogP contribution in [-0.4, -0.2) is 18.0 Å². The molecule has 1 radical (unpaired) electrons. The van der Waals surface area contributed by atoms with E-state index in [4.69, 9.17) is 0 Å². The van der Waals surface area contributed by atoms with E-state index in [1.54, 1.807) is 5.01 Å². The summed E-state index contributed by atoms with van der Waals surface area (Å²) in [5, 5.41) is 8.66. The van der Waals surface area contributed by atoms with Gasteiger partial charge >= 0.3 is 0 Å². The highest BCUT2D eigenvalue weighted by Gasteiger charge is 2.12. The second-order valence-corrected chi connectivity index (χ2v) is 5.03. The maximum absolute atomic E-state index is 3.70. The van der Waals surface area contributed by atoms with Crippen LogP contribution < -0.4 is 16.4 Å². The molecule has 0 atom stereocenters. The summed E-state index contributed by atoms with van der Waals surface area (Å²) in [6, 6.07) is 8.47.